The van der Waals surface area contributed by atoms with Gasteiger partial charge in [0.15, 0.2) is 5.84 Å². The molecule has 1 aromatic rings. The Hall–Kier alpha value is -1.59. The van der Waals surface area contributed by atoms with E-state index in [-0.39, 0.29) is 5.84 Å². The number of oxime groups is 1. The number of hydrogen-bond donors (Lipinski definition) is 3. The van der Waals surface area contributed by atoms with Gasteiger partial charge in [0.2, 0.25) is 0 Å². The monoisotopic (exact) mass is 290 g/mol. The van der Waals surface area contributed by atoms with E-state index in [0.717, 1.165) is 30.8 Å². The fourth-order valence-corrected chi connectivity index (χ4v) is 2.90. The van der Waals surface area contributed by atoms with Gasteiger partial charge >= 0.3 is 0 Å². The molecule has 1 aromatic carbocycles. The van der Waals surface area contributed by atoms with Crippen molar-refractivity contribution in [3.05, 3.63) is 35.4 Å². The minimum atomic E-state index is 0.164. The van der Waals surface area contributed by atoms with Crippen LogP contribution in [0.15, 0.2) is 29.4 Å². The van der Waals surface area contributed by atoms with E-state index >= 15 is 0 Å². The topological polar surface area (TPSA) is 73.9 Å². The molecule has 0 bridgehead atoms. The van der Waals surface area contributed by atoms with E-state index in [2.05, 4.69) is 22.3 Å². The van der Waals surface area contributed by atoms with Crippen LogP contribution in [0.5, 0.6) is 0 Å². The summed E-state index contributed by atoms with van der Waals surface area (Å²) in [6.45, 7) is 7.64. The summed E-state index contributed by atoms with van der Waals surface area (Å²) in [6.07, 6.45) is 2.68. The van der Waals surface area contributed by atoms with Gasteiger partial charge in [0, 0.05) is 18.7 Å². The van der Waals surface area contributed by atoms with Crippen LogP contribution in [0.25, 0.3) is 0 Å². The molecule has 116 valence electrons. The maximum Gasteiger partial charge on any atom is 0.170 e. The van der Waals surface area contributed by atoms with Crippen molar-refractivity contribution in [2.75, 3.05) is 26.2 Å². The third-order valence-corrected chi connectivity index (χ3v) is 3.98. The van der Waals surface area contributed by atoms with Crippen LogP contribution in [0.3, 0.4) is 0 Å². The van der Waals surface area contributed by atoms with Crippen LogP contribution in [0.1, 0.15) is 30.9 Å². The summed E-state index contributed by atoms with van der Waals surface area (Å²) in [5, 5.41) is 15.4. The second-order valence-electron chi connectivity index (χ2n) is 5.89. The van der Waals surface area contributed by atoms with Gasteiger partial charge in [-0.25, -0.2) is 0 Å². The first-order valence-corrected chi connectivity index (χ1v) is 7.69. The van der Waals surface area contributed by atoms with E-state index in [4.69, 9.17) is 10.9 Å². The van der Waals surface area contributed by atoms with Gasteiger partial charge in [-0.15, -0.1) is 0 Å². The van der Waals surface area contributed by atoms with Crippen molar-refractivity contribution in [2.24, 2.45) is 16.8 Å². The van der Waals surface area contributed by atoms with Crippen molar-refractivity contribution >= 4 is 5.84 Å². The molecule has 21 heavy (non-hydrogen) atoms. The Balaban J connectivity index is 1.80. The number of benzene rings is 1. The fraction of sp³-hybridized carbons (Fsp3) is 0.562. The Morgan fingerprint density at radius 3 is 2.81 bits per heavy atom. The molecule has 1 aliphatic rings. The molecule has 1 aliphatic heterocycles. The standard InChI is InChI=1S/C16H26N4O/c1-13(12-20-8-4-5-9-20)10-18-11-14-6-2-3-7-15(14)16(17)19-21/h2-3,6-7,13,18,21H,4-5,8-12H2,1H3,(H2,17,19). The zero-order chi connectivity index (χ0) is 15.1. The molecule has 2 rings (SSSR count). The molecule has 1 unspecified atom stereocenters. The molecule has 0 radical (unpaired) electrons. The second-order valence-corrected chi connectivity index (χ2v) is 5.89. The van der Waals surface area contributed by atoms with Crippen molar-refractivity contribution < 1.29 is 5.21 Å². The summed E-state index contributed by atoms with van der Waals surface area (Å²) in [7, 11) is 0. The van der Waals surface area contributed by atoms with Crippen molar-refractivity contribution in [3.63, 3.8) is 0 Å². The Morgan fingerprint density at radius 2 is 2.10 bits per heavy atom. The molecule has 1 atom stereocenters. The molecule has 0 aromatic heterocycles. The summed E-state index contributed by atoms with van der Waals surface area (Å²) >= 11 is 0. The van der Waals surface area contributed by atoms with E-state index in [0.29, 0.717) is 5.92 Å². The Labute approximate surface area is 126 Å². The van der Waals surface area contributed by atoms with Crippen molar-refractivity contribution in [2.45, 2.75) is 26.3 Å². The molecule has 0 aliphatic carbocycles. The van der Waals surface area contributed by atoms with Crippen LogP contribution < -0.4 is 11.1 Å². The summed E-state index contributed by atoms with van der Waals surface area (Å²) in [5.74, 6) is 0.789. The highest BCUT2D eigenvalue weighted by molar-refractivity contribution is 5.98. The number of hydrogen-bond acceptors (Lipinski definition) is 4. The van der Waals surface area contributed by atoms with Gasteiger partial charge in [0.25, 0.3) is 0 Å². The zero-order valence-corrected chi connectivity index (χ0v) is 12.8. The van der Waals surface area contributed by atoms with Gasteiger partial charge in [0.1, 0.15) is 0 Å². The minimum Gasteiger partial charge on any atom is -0.409 e. The van der Waals surface area contributed by atoms with Crippen LogP contribution in [0.2, 0.25) is 0 Å². The molecule has 0 amide bonds. The molecule has 0 saturated carbocycles. The first-order valence-electron chi connectivity index (χ1n) is 7.69. The third kappa shape index (κ3) is 4.72. The highest BCUT2D eigenvalue weighted by Gasteiger charge is 2.14. The van der Waals surface area contributed by atoms with E-state index in [1.54, 1.807) is 0 Å². The molecule has 1 saturated heterocycles. The lowest BCUT2D eigenvalue weighted by atomic mass is 10.1. The van der Waals surface area contributed by atoms with Crippen LogP contribution in [0.4, 0.5) is 0 Å². The van der Waals surface area contributed by atoms with Crippen LogP contribution in [-0.2, 0) is 6.54 Å². The molecule has 1 fully saturated rings. The lowest BCUT2D eigenvalue weighted by Crippen LogP contribution is -2.31. The Morgan fingerprint density at radius 1 is 1.38 bits per heavy atom. The molecular weight excluding hydrogens is 264 g/mol. The highest BCUT2D eigenvalue weighted by atomic mass is 16.4. The third-order valence-electron chi connectivity index (χ3n) is 3.98. The number of nitrogens with two attached hydrogens (primary N) is 1. The quantitative estimate of drug-likeness (QED) is 0.309. The van der Waals surface area contributed by atoms with Gasteiger partial charge in [-0.2, -0.15) is 0 Å². The highest BCUT2D eigenvalue weighted by Crippen LogP contribution is 2.11. The molecule has 5 heteroatoms. The largest absolute Gasteiger partial charge is 0.409 e. The van der Waals surface area contributed by atoms with E-state index in [9.17, 15) is 0 Å². The smallest absolute Gasteiger partial charge is 0.170 e. The maximum absolute atomic E-state index is 8.82. The van der Waals surface area contributed by atoms with E-state index in [1.807, 2.05) is 24.3 Å². The van der Waals surface area contributed by atoms with Gasteiger partial charge in [-0.1, -0.05) is 36.3 Å². The van der Waals surface area contributed by atoms with Crippen molar-refractivity contribution in [1.82, 2.24) is 10.2 Å². The van der Waals surface area contributed by atoms with Crippen LogP contribution in [0, 0.1) is 5.92 Å². The number of likely N-dealkylation sites (tertiary alicyclic amines) is 1. The van der Waals surface area contributed by atoms with E-state index < -0.39 is 0 Å². The summed E-state index contributed by atoms with van der Waals surface area (Å²) in [6, 6.07) is 7.75. The lowest BCUT2D eigenvalue weighted by Gasteiger charge is -2.20. The van der Waals surface area contributed by atoms with Gasteiger partial charge in [-0.05, 0) is 44.0 Å². The number of nitrogens with one attached hydrogen (secondary N) is 1. The minimum absolute atomic E-state index is 0.164. The Bertz CT molecular complexity index is 469. The van der Waals surface area contributed by atoms with Gasteiger partial charge in [-0.3, -0.25) is 0 Å². The predicted octanol–water partition coefficient (Wildman–Crippen LogP) is 1.60. The predicted molar refractivity (Wildman–Crippen MR) is 85.5 cm³/mol. The van der Waals surface area contributed by atoms with Gasteiger partial charge in [0.05, 0.1) is 0 Å². The number of amidine groups is 1. The van der Waals surface area contributed by atoms with Crippen LogP contribution >= 0.6 is 0 Å². The lowest BCUT2D eigenvalue weighted by molar-refractivity contribution is 0.282. The number of rotatable bonds is 7. The maximum atomic E-state index is 8.82. The number of nitrogens with zero attached hydrogens (tertiary/aromatic N) is 2. The first-order chi connectivity index (χ1) is 10.2. The zero-order valence-electron chi connectivity index (χ0n) is 12.8. The SMILES string of the molecule is CC(CNCc1ccccc1C(N)=NO)CN1CCCC1. The summed E-state index contributed by atoms with van der Waals surface area (Å²) in [5.41, 5.74) is 7.55. The molecular formula is C16H26N4O. The summed E-state index contributed by atoms with van der Waals surface area (Å²) in [4.78, 5) is 2.54. The second kappa shape index (κ2) is 8.00. The normalized spacial score (nSPS) is 18.0. The molecule has 4 N–H and O–H groups in total. The van der Waals surface area contributed by atoms with Crippen molar-refractivity contribution in [1.29, 1.82) is 0 Å². The average molecular weight is 290 g/mol. The summed E-state index contributed by atoms with van der Waals surface area (Å²) < 4.78 is 0. The Kier molecular flexibility index (Phi) is 6.02. The average Bonchev–Trinajstić information content (AvgIpc) is 3.00. The van der Waals surface area contributed by atoms with Crippen LogP contribution in [-0.4, -0.2) is 42.1 Å². The molecule has 0 spiro atoms. The van der Waals surface area contributed by atoms with E-state index in [1.165, 1.54) is 25.9 Å². The van der Waals surface area contributed by atoms with Crippen molar-refractivity contribution in [3.8, 4) is 0 Å². The fourth-order valence-electron chi connectivity index (χ4n) is 2.90. The molecule has 5 nitrogen and oxygen atoms in total. The van der Waals surface area contributed by atoms with Gasteiger partial charge < -0.3 is 21.2 Å². The molecule has 1 heterocycles. The first kappa shape index (κ1) is 15.8.